The Bertz CT molecular complexity index is 431. The van der Waals surface area contributed by atoms with Gasteiger partial charge in [0.1, 0.15) is 0 Å². The van der Waals surface area contributed by atoms with E-state index in [4.69, 9.17) is 0 Å². The Labute approximate surface area is 70.0 Å². The van der Waals surface area contributed by atoms with Gasteiger partial charge in [-0.1, -0.05) is 0 Å². The molecule has 1 heterocycles. The van der Waals surface area contributed by atoms with E-state index >= 15 is 0 Å². The van der Waals surface area contributed by atoms with Crippen molar-refractivity contribution in [1.29, 1.82) is 0 Å². The topological polar surface area (TPSA) is 17.1 Å². The van der Waals surface area contributed by atoms with Crippen LogP contribution in [0.25, 0.3) is 9.65 Å². The van der Waals surface area contributed by atoms with Crippen LogP contribution in [0.15, 0.2) is 40.1 Å². The van der Waals surface area contributed by atoms with E-state index < -0.39 is 0 Å². The zero-order valence-corrected chi connectivity index (χ0v) is 7.49. The Kier molecular flexibility index (Phi) is 1.65. The number of hydrogen-bond acceptors (Lipinski definition) is 1. The molecule has 11 heavy (non-hydrogen) atoms. The summed E-state index contributed by atoms with van der Waals surface area (Å²) in [6, 6.07) is 9.29. The Balaban J connectivity index is 3.09. The van der Waals surface area contributed by atoms with E-state index in [1.165, 1.54) is 4.26 Å². The molecule has 0 radical (unpaired) electrons. The average molecular weight is 209 g/mol. The first-order valence-corrected chi connectivity index (χ1v) is 5.19. The third kappa shape index (κ3) is 1.15. The second kappa shape index (κ2) is 2.65. The van der Waals surface area contributed by atoms with Crippen LogP contribution in [0.5, 0.6) is 0 Å². The SMILES string of the molecule is O=c1ccccc2[se]ccc12. The fourth-order valence-electron chi connectivity index (χ4n) is 1.03. The van der Waals surface area contributed by atoms with E-state index in [1.807, 2.05) is 18.2 Å². The molecule has 2 rings (SSSR count). The van der Waals surface area contributed by atoms with Gasteiger partial charge in [0, 0.05) is 0 Å². The maximum absolute atomic E-state index is 11.3. The molecule has 54 valence electrons. The molecule has 0 aliphatic heterocycles. The van der Waals surface area contributed by atoms with Crippen molar-refractivity contribution in [3.63, 3.8) is 0 Å². The predicted octanol–water partition coefficient (Wildman–Crippen LogP) is 1.26. The van der Waals surface area contributed by atoms with Crippen molar-refractivity contribution in [3.05, 3.63) is 45.5 Å². The second-order valence-electron chi connectivity index (χ2n) is 2.28. The molecule has 2 heteroatoms. The molecule has 0 fully saturated rings. The van der Waals surface area contributed by atoms with Gasteiger partial charge >= 0.3 is 69.6 Å². The molecule has 1 aromatic carbocycles. The quantitative estimate of drug-likeness (QED) is 0.597. The van der Waals surface area contributed by atoms with E-state index in [9.17, 15) is 4.79 Å². The molecule has 0 aliphatic carbocycles. The summed E-state index contributed by atoms with van der Waals surface area (Å²) in [6.45, 7) is 0. The molecule has 1 nitrogen and oxygen atoms in total. The number of hydrogen-bond donors (Lipinski definition) is 0. The van der Waals surface area contributed by atoms with Crippen molar-refractivity contribution in [1.82, 2.24) is 0 Å². The van der Waals surface area contributed by atoms with Crippen molar-refractivity contribution < 1.29 is 0 Å². The summed E-state index contributed by atoms with van der Waals surface area (Å²) in [6.07, 6.45) is 0. The van der Waals surface area contributed by atoms with Crippen molar-refractivity contribution in [2.45, 2.75) is 0 Å². The van der Waals surface area contributed by atoms with E-state index in [2.05, 4.69) is 4.94 Å². The number of rotatable bonds is 0. The van der Waals surface area contributed by atoms with Crippen LogP contribution in [0, 0.1) is 0 Å². The van der Waals surface area contributed by atoms with E-state index in [0.717, 1.165) is 5.39 Å². The van der Waals surface area contributed by atoms with Gasteiger partial charge < -0.3 is 0 Å². The molecule has 0 bridgehead atoms. The molecule has 0 spiro atoms. The van der Waals surface area contributed by atoms with Gasteiger partial charge in [0.15, 0.2) is 0 Å². The van der Waals surface area contributed by atoms with E-state index in [0.29, 0.717) is 14.5 Å². The molecular weight excluding hydrogens is 203 g/mol. The molecule has 0 saturated heterocycles. The van der Waals surface area contributed by atoms with Gasteiger partial charge in [0.05, 0.1) is 0 Å². The van der Waals surface area contributed by atoms with Gasteiger partial charge in [-0.2, -0.15) is 0 Å². The summed E-state index contributed by atoms with van der Waals surface area (Å²) in [4.78, 5) is 13.4. The first-order chi connectivity index (χ1) is 5.38. The summed E-state index contributed by atoms with van der Waals surface area (Å²) in [7, 11) is 0. The Morgan fingerprint density at radius 3 is 2.82 bits per heavy atom. The van der Waals surface area contributed by atoms with E-state index in [1.54, 1.807) is 12.1 Å². The number of fused-ring (bicyclic) bond motifs is 1. The van der Waals surface area contributed by atoms with Gasteiger partial charge in [0.2, 0.25) is 0 Å². The summed E-state index contributed by atoms with van der Waals surface area (Å²) in [5.74, 6) is 0. The average Bonchev–Trinajstić information content (AvgIpc) is 2.40. The van der Waals surface area contributed by atoms with Gasteiger partial charge in [-0.25, -0.2) is 0 Å². The van der Waals surface area contributed by atoms with Crippen molar-refractivity contribution >= 4 is 24.1 Å². The zero-order valence-electron chi connectivity index (χ0n) is 5.78. The Morgan fingerprint density at radius 1 is 1.09 bits per heavy atom. The van der Waals surface area contributed by atoms with Gasteiger partial charge in [-0.15, -0.1) is 0 Å². The van der Waals surface area contributed by atoms with Crippen LogP contribution in [0.4, 0.5) is 0 Å². The monoisotopic (exact) mass is 210 g/mol. The minimum atomic E-state index is 0.139. The predicted molar refractivity (Wildman–Crippen MR) is 47.2 cm³/mol. The Hall–Kier alpha value is -0.851. The van der Waals surface area contributed by atoms with Crippen molar-refractivity contribution in [3.8, 4) is 0 Å². The summed E-state index contributed by atoms with van der Waals surface area (Å²) in [5.41, 5.74) is 0.139. The fourth-order valence-corrected chi connectivity index (χ4v) is 2.72. The maximum atomic E-state index is 11.3. The van der Waals surface area contributed by atoms with Crippen LogP contribution in [0.2, 0.25) is 0 Å². The summed E-state index contributed by atoms with van der Waals surface area (Å²) < 4.78 is 1.20. The molecule has 2 aromatic rings. The van der Waals surface area contributed by atoms with Crippen LogP contribution in [-0.4, -0.2) is 14.5 Å². The van der Waals surface area contributed by atoms with Crippen molar-refractivity contribution in [2.75, 3.05) is 0 Å². The molecule has 0 amide bonds. The van der Waals surface area contributed by atoms with Gasteiger partial charge in [0.25, 0.3) is 0 Å². The molecule has 0 unspecified atom stereocenters. The summed E-state index contributed by atoms with van der Waals surface area (Å²) in [5, 5.41) is 0.884. The van der Waals surface area contributed by atoms with Crippen LogP contribution in [-0.2, 0) is 0 Å². The first kappa shape index (κ1) is 6.83. The molecule has 1 aromatic heterocycles. The molecule has 0 aliphatic rings. The molecule has 0 N–H and O–H groups in total. The van der Waals surface area contributed by atoms with Gasteiger partial charge in [-0.05, 0) is 0 Å². The molecule has 0 saturated carbocycles. The second-order valence-corrected chi connectivity index (χ2v) is 4.27. The van der Waals surface area contributed by atoms with Crippen LogP contribution < -0.4 is 5.43 Å². The molecular formula is C9H6OSe. The van der Waals surface area contributed by atoms with Crippen molar-refractivity contribution in [2.24, 2.45) is 0 Å². The normalized spacial score (nSPS) is 10.2. The van der Waals surface area contributed by atoms with E-state index in [-0.39, 0.29) is 5.43 Å². The fraction of sp³-hybridized carbons (Fsp3) is 0. The first-order valence-electron chi connectivity index (χ1n) is 3.34. The van der Waals surface area contributed by atoms with Crippen LogP contribution >= 0.6 is 0 Å². The third-order valence-electron chi connectivity index (χ3n) is 1.57. The van der Waals surface area contributed by atoms with Crippen LogP contribution in [0.1, 0.15) is 0 Å². The minimum absolute atomic E-state index is 0.139. The van der Waals surface area contributed by atoms with Gasteiger partial charge in [-0.3, -0.25) is 0 Å². The summed E-state index contributed by atoms with van der Waals surface area (Å²) >= 11 is 0.382. The Morgan fingerprint density at radius 2 is 1.91 bits per heavy atom. The standard InChI is InChI=1S/C9H6OSe/c10-8-3-1-2-4-9-7(8)5-6-11-9/h1-6H. The third-order valence-corrected chi connectivity index (χ3v) is 3.42. The zero-order chi connectivity index (χ0) is 7.68. The molecule has 0 atom stereocenters. The van der Waals surface area contributed by atoms with Crippen LogP contribution in [0.3, 0.4) is 0 Å².